The molecule has 0 heterocycles. The molecule has 5 heteroatoms. The molecule has 0 aromatic rings. The third kappa shape index (κ3) is 24.7. The molecule has 0 fully saturated rings. The van der Waals surface area contributed by atoms with Gasteiger partial charge in [0.15, 0.2) is 9.03 Å². The van der Waals surface area contributed by atoms with Crippen LogP contribution in [0.5, 0.6) is 0 Å². The van der Waals surface area contributed by atoms with Gasteiger partial charge in [-0.05, 0) is 44.2 Å². The molecule has 0 spiro atoms. The Balaban J connectivity index is 2.95. The van der Waals surface area contributed by atoms with Crippen molar-refractivity contribution in [3.05, 3.63) is 0 Å². The second-order valence-electron chi connectivity index (χ2n) is 7.07. The maximum atomic E-state index is 5.51. The van der Waals surface area contributed by atoms with Crippen LogP contribution in [-0.4, -0.2) is 31.3 Å². The van der Waals surface area contributed by atoms with Crippen molar-refractivity contribution in [1.82, 2.24) is 0 Å². The maximum absolute atomic E-state index is 5.51. The van der Waals surface area contributed by atoms with Gasteiger partial charge in [0, 0.05) is 0 Å². The molecular formula is C21H46NO2PS. The van der Waals surface area contributed by atoms with Crippen LogP contribution in [-0.2, 0) is 9.05 Å². The number of hydrogen-bond acceptors (Lipinski definition) is 4. The van der Waals surface area contributed by atoms with Crippen LogP contribution in [0.25, 0.3) is 0 Å². The summed E-state index contributed by atoms with van der Waals surface area (Å²) in [5, 5.41) is 0. The number of rotatable bonds is 23. The Morgan fingerprint density at radius 1 is 0.615 bits per heavy atom. The van der Waals surface area contributed by atoms with Crippen LogP contribution in [0.3, 0.4) is 0 Å². The van der Waals surface area contributed by atoms with Crippen molar-refractivity contribution in [1.29, 1.82) is 0 Å². The maximum Gasteiger partial charge on any atom is 0.155 e. The van der Waals surface area contributed by atoms with Gasteiger partial charge in [-0.1, -0.05) is 77.0 Å². The molecule has 158 valence electrons. The van der Waals surface area contributed by atoms with Crippen molar-refractivity contribution in [2.75, 3.05) is 31.3 Å². The van der Waals surface area contributed by atoms with Gasteiger partial charge in [0.1, 0.15) is 0 Å². The van der Waals surface area contributed by atoms with Gasteiger partial charge < -0.3 is 14.8 Å². The summed E-state index contributed by atoms with van der Waals surface area (Å²) in [7, 11) is 0.230. The van der Waals surface area contributed by atoms with E-state index in [0.717, 1.165) is 26.2 Å². The highest BCUT2D eigenvalue weighted by molar-refractivity contribution is 7.99. The van der Waals surface area contributed by atoms with E-state index in [0.29, 0.717) is 0 Å². The molecular weight excluding hydrogens is 361 g/mol. The Hall–Kier alpha value is 0.660. The summed E-state index contributed by atoms with van der Waals surface area (Å²) in [6.45, 7) is 4.47. The highest BCUT2D eigenvalue weighted by Crippen LogP contribution is 2.16. The molecule has 0 radical (unpaired) electrons. The molecule has 0 aromatic heterocycles. The normalized spacial score (nSPS) is 11.8. The lowest BCUT2D eigenvalue weighted by Gasteiger charge is -2.04. The number of nitrogens with two attached hydrogens (primary N) is 1. The Morgan fingerprint density at radius 3 is 1.58 bits per heavy atom. The molecule has 2 N–H and O–H groups in total. The van der Waals surface area contributed by atoms with Crippen molar-refractivity contribution >= 4 is 20.8 Å². The second kappa shape index (κ2) is 25.7. The molecule has 0 saturated carbocycles. The van der Waals surface area contributed by atoms with E-state index in [1.54, 1.807) is 0 Å². The van der Waals surface area contributed by atoms with Gasteiger partial charge in [0.2, 0.25) is 0 Å². The van der Waals surface area contributed by atoms with E-state index in [9.17, 15) is 0 Å². The summed E-state index contributed by atoms with van der Waals surface area (Å²) < 4.78 is 10.6. The average molecular weight is 408 g/mol. The Bertz CT molecular complexity index is 224. The Kier molecular flexibility index (Phi) is 26.3. The lowest BCUT2D eigenvalue weighted by atomic mass is 10.0. The van der Waals surface area contributed by atoms with E-state index < -0.39 is 0 Å². The molecule has 0 amide bonds. The fraction of sp³-hybridized carbons (Fsp3) is 1.00. The van der Waals surface area contributed by atoms with E-state index in [2.05, 4.69) is 11.8 Å². The van der Waals surface area contributed by atoms with Gasteiger partial charge in [0.25, 0.3) is 0 Å². The first-order valence-corrected chi connectivity index (χ1v) is 13.1. The summed E-state index contributed by atoms with van der Waals surface area (Å²) in [5.41, 5.74) is 5.51. The fourth-order valence-corrected chi connectivity index (χ4v) is 4.31. The van der Waals surface area contributed by atoms with Crippen LogP contribution in [0, 0.1) is 0 Å². The van der Waals surface area contributed by atoms with Crippen LogP contribution in [0.15, 0.2) is 0 Å². The van der Waals surface area contributed by atoms with Crippen molar-refractivity contribution in [2.45, 2.75) is 103 Å². The summed E-state index contributed by atoms with van der Waals surface area (Å²) in [6, 6.07) is 0. The molecule has 0 aliphatic heterocycles. The molecule has 0 bridgehead atoms. The largest absolute Gasteiger partial charge is 0.337 e. The first-order chi connectivity index (χ1) is 12.9. The summed E-state index contributed by atoms with van der Waals surface area (Å²) in [4.78, 5) is 0. The molecule has 0 aliphatic rings. The Morgan fingerprint density at radius 2 is 1.08 bits per heavy atom. The van der Waals surface area contributed by atoms with Gasteiger partial charge >= 0.3 is 0 Å². The van der Waals surface area contributed by atoms with Crippen LogP contribution in [0.1, 0.15) is 103 Å². The van der Waals surface area contributed by atoms with Crippen molar-refractivity contribution in [3.63, 3.8) is 0 Å². The molecule has 0 aromatic carbocycles. The third-order valence-electron chi connectivity index (χ3n) is 4.54. The molecule has 0 rings (SSSR count). The van der Waals surface area contributed by atoms with Gasteiger partial charge in [-0.25, -0.2) is 0 Å². The quantitative estimate of drug-likeness (QED) is 0.145. The van der Waals surface area contributed by atoms with Gasteiger partial charge in [-0.3, -0.25) is 0 Å². The zero-order chi connectivity index (χ0) is 19.0. The van der Waals surface area contributed by atoms with Crippen molar-refractivity contribution in [2.24, 2.45) is 5.73 Å². The molecule has 1 atom stereocenters. The summed E-state index contributed by atoms with van der Waals surface area (Å²) in [5.74, 6) is 2.54. The van der Waals surface area contributed by atoms with Gasteiger partial charge in [-0.2, -0.15) is 11.8 Å². The fourth-order valence-electron chi connectivity index (χ4n) is 2.95. The molecule has 1 unspecified atom stereocenters. The predicted molar refractivity (Wildman–Crippen MR) is 122 cm³/mol. The average Bonchev–Trinajstić information content (AvgIpc) is 2.66. The van der Waals surface area contributed by atoms with Crippen LogP contribution in [0.4, 0.5) is 0 Å². The number of thioether (sulfide) groups is 1. The lowest BCUT2D eigenvalue weighted by molar-refractivity contribution is 0.277. The monoisotopic (exact) mass is 407 g/mol. The molecule has 0 aliphatic carbocycles. The highest BCUT2D eigenvalue weighted by Gasteiger charge is 1.95. The minimum Gasteiger partial charge on any atom is -0.337 e. The van der Waals surface area contributed by atoms with E-state index in [4.69, 9.17) is 14.8 Å². The van der Waals surface area contributed by atoms with Crippen molar-refractivity contribution in [3.8, 4) is 0 Å². The van der Waals surface area contributed by atoms with Gasteiger partial charge in [0.05, 0.1) is 13.2 Å². The minimum absolute atomic E-state index is 0.230. The summed E-state index contributed by atoms with van der Waals surface area (Å²) >= 11 is 2.08. The number of hydrogen-bond donors (Lipinski definition) is 1. The van der Waals surface area contributed by atoms with Gasteiger partial charge in [-0.15, -0.1) is 0 Å². The van der Waals surface area contributed by atoms with Crippen LogP contribution in [0.2, 0.25) is 0 Å². The molecule has 3 nitrogen and oxygen atoms in total. The van der Waals surface area contributed by atoms with E-state index in [-0.39, 0.29) is 9.03 Å². The summed E-state index contributed by atoms with van der Waals surface area (Å²) in [6.07, 6.45) is 20.8. The smallest absolute Gasteiger partial charge is 0.155 e. The van der Waals surface area contributed by atoms with Crippen LogP contribution >= 0.6 is 20.8 Å². The van der Waals surface area contributed by atoms with E-state index in [1.807, 2.05) is 6.92 Å². The van der Waals surface area contributed by atoms with Crippen LogP contribution < -0.4 is 5.73 Å². The number of unbranched alkanes of at least 4 members (excludes halogenated alkanes) is 13. The third-order valence-corrected chi connectivity index (χ3v) is 6.42. The SMILES string of the molecule is CCOPOCCCSCCCCCCCCCCCCCCCCN. The lowest BCUT2D eigenvalue weighted by Crippen LogP contribution is -1.97. The first kappa shape index (κ1) is 26.7. The topological polar surface area (TPSA) is 44.5 Å². The van der Waals surface area contributed by atoms with E-state index in [1.165, 1.54) is 101 Å². The minimum atomic E-state index is 0.230. The zero-order valence-electron chi connectivity index (χ0n) is 17.4. The van der Waals surface area contributed by atoms with E-state index >= 15 is 0 Å². The standard InChI is InChI=1S/C21H46NO2PS/c1-2-23-25-24-19-17-21-26-20-16-14-12-10-8-6-4-3-5-7-9-11-13-15-18-22/h25H,2-22H2,1H3. The first-order valence-electron chi connectivity index (χ1n) is 11.2. The predicted octanol–water partition coefficient (Wildman–Crippen LogP) is 7.09. The molecule has 0 saturated heterocycles. The highest BCUT2D eigenvalue weighted by atomic mass is 32.2. The van der Waals surface area contributed by atoms with Crippen molar-refractivity contribution < 1.29 is 9.05 Å². The Labute approximate surface area is 170 Å². The second-order valence-corrected chi connectivity index (χ2v) is 9.04. The zero-order valence-corrected chi connectivity index (χ0v) is 19.3. The molecule has 26 heavy (non-hydrogen) atoms.